The lowest BCUT2D eigenvalue weighted by Gasteiger charge is -2.32. The van der Waals surface area contributed by atoms with Crippen molar-refractivity contribution in [2.75, 3.05) is 13.1 Å². The third-order valence-electron chi connectivity index (χ3n) is 13.7. The van der Waals surface area contributed by atoms with Crippen molar-refractivity contribution in [2.24, 2.45) is 29.6 Å². The molecule has 2 amide bonds. The van der Waals surface area contributed by atoms with Crippen molar-refractivity contribution in [1.29, 1.82) is 0 Å². The lowest BCUT2D eigenvalue weighted by Crippen LogP contribution is -2.43. The van der Waals surface area contributed by atoms with Gasteiger partial charge in [0, 0.05) is 19.0 Å². The molecule has 290 valence electrons. The smallest absolute Gasteiger partial charge is 0.252 e. The summed E-state index contributed by atoms with van der Waals surface area (Å²) in [7, 11) is 0. The second-order valence-electron chi connectivity index (χ2n) is 17.3. The molecule has 4 heterocycles. The van der Waals surface area contributed by atoms with Gasteiger partial charge in [-0.2, -0.15) is 0 Å². The van der Waals surface area contributed by atoms with Gasteiger partial charge in [-0.1, -0.05) is 88.3 Å². The summed E-state index contributed by atoms with van der Waals surface area (Å²) in [6.45, 7) is 5.93. The van der Waals surface area contributed by atoms with Crippen molar-refractivity contribution in [2.45, 2.75) is 134 Å². The van der Waals surface area contributed by atoms with Crippen LogP contribution in [0.15, 0.2) is 48.3 Å². The molecule has 2 aliphatic heterocycles. The summed E-state index contributed by atoms with van der Waals surface area (Å²) in [6.07, 6.45) is 28.4. The molecular formula is C44H60N6O4. The summed E-state index contributed by atoms with van der Waals surface area (Å²) < 4.78 is 0. The molecular weight excluding hydrogens is 677 g/mol. The van der Waals surface area contributed by atoms with Gasteiger partial charge in [0.15, 0.2) is 0 Å². The predicted octanol–water partition coefficient (Wildman–Crippen LogP) is 7.60. The average molecular weight is 737 g/mol. The third kappa shape index (κ3) is 7.45. The highest BCUT2D eigenvalue weighted by molar-refractivity contribution is 5.82. The minimum Gasteiger partial charge on any atom is -0.383 e. The Kier molecular flexibility index (Phi) is 11.1. The van der Waals surface area contributed by atoms with E-state index in [4.69, 9.17) is 9.97 Å². The average Bonchev–Trinajstić information content (AvgIpc) is 4.04. The van der Waals surface area contributed by atoms with Crippen LogP contribution in [0.25, 0.3) is 11.1 Å². The number of amides is 2. The molecule has 4 aliphatic carbocycles. The molecule has 0 spiro atoms. The number of aliphatic hydroxyl groups excluding tert-OH is 2. The van der Waals surface area contributed by atoms with Gasteiger partial charge in [-0.15, -0.1) is 0 Å². The number of nitrogens with zero attached hydrogens (tertiary/aromatic N) is 4. The zero-order valence-corrected chi connectivity index (χ0v) is 32.3. The summed E-state index contributed by atoms with van der Waals surface area (Å²) in [4.78, 5) is 47.3. The van der Waals surface area contributed by atoms with Gasteiger partial charge < -0.3 is 30.0 Å². The minimum absolute atomic E-state index is 0.0759. The van der Waals surface area contributed by atoms with Gasteiger partial charge in [0.25, 0.3) is 11.8 Å². The fourth-order valence-corrected chi connectivity index (χ4v) is 10.5. The van der Waals surface area contributed by atoms with Gasteiger partial charge in [0.2, 0.25) is 0 Å². The van der Waals surface area contributed by atoms with E-state index in [9.17, 15) is 19.8 Å². The van der Waals surface area contributed by atoms with Crippen molar-refractivity contribution in [1.82, 2.24) is 29.7 Å². The Labute approximate surface area is 320 Å². The van der Waals surface area contributed by atoms with Gasteiger partial charge in [-0.25, -0.2) is 9.97 Å². The van der Waals surface area contributed by atoms with Gasteiger partial charge in [0.1, 0.15) is 23.9 Å². The van der Waals surface area contributed by atoms with Gasteiger partial charge >= 0.3 is 0 Å². The van der Waals surface area contributed by atoms with Crippen molar-refractivity contribution in [3.05, 3.63) is 71.4 Å². The Morgan fingerprint density at radius 2 is 1.26 bits per heavy atom. The first kappa shape index (κ1) is 37.2. The van der Waals surface area contributed by atoms with Crippen molar-refractivity contribution < 1.29 is 19.8 Å². The number of aliphatic hydroxyl groups is 2. The Morgan fingerprint density at radius 1 is 0.722 bits per heavy atom. The van der Waals surface area contributed by atoms with Crippen LogP contribution < -0.4 is 0 Å². The molecule has 7 atom stereocenters. The van der Waals surface area contributed by atoms with Crippen molar-refractivity contribution >= 4 is 23.0 Å². The number of hydrogen-bond acceptors (Lipinski definition) is 6. The monoisotopic (exact) mass is 736 g/mol. The lowest BCUT2D eigenvalue weighted by molar-refractivity contribution is -0.145. The number of carbonyl (C=O) groups is 2. The highest BCUT2D eigenvalue weighted by atomic mass is 16.3. The topological polar surface area (TPSA) is 138 Å². The molecule has 4 fully saturated rings. The molecule has 10 heteroatoms. The van der Waals surface area contributed by atoms with Gasteiger partial charge in [-0.3, -0.25) is 9.59 Å². The maximum Gasteiger partial charge on any atom is 0.252 e. The molecule has 2 aromatic rings. The summed E-state index contributed by atoms with van der Waals surface area (Å²) in [6, 6.07) is -0.238. The molecule has 2 saturated carbocycles. The number of rotatable bonds is 9. The first-order valence-electron chi connectivity index (χ1n) is 21.1. The molecule has 2 saturated heterocycles. The van der Waals surface area contributed by atoms with E-state index in [2.05, 4.69) is 54.2 Å². The van der Waals surface area contributed by atoms with Crippen LogP contribution in [0.3, 0.4) is 0 Å². The van der Waals surface area contributed by atoms with Crippen LogP contribution in [-0.2, 0) is 9.59 Å². The van der Waals surface area contributed by atoms with Crippen LogP contribution in [-0.4, -0.2) is 77.1 Å². The molecule has 6 aliphatic rings. The number of carbonyl (C=O) groups excluding carboxylic acids is 2. The molecule has 54 heavy (non-hydrogen) atoms. The molecule has 0 radical (unpaired) electrons. The highest BCUT2D eigenvalue weighted by Crippen LogP contribution is 2.42. The zero-order valence-electron chi connectivity index (χ0n) is 32.3. The maximum absolute atomic E-state index is 13.4. The first-order valence-corrected chi connectivity index (χ1v) is 21.1. The number of H-pyrrole nitrogens is 2. The molecule has 8 rings (SSSR count). The number of likely N-dealkylation sites (tertiary alicyclic amines) is 2. The van der Waals surface area contributed by atoms with E-state index in [0.29, 0.717) is 30.8 Å². The highest BCUT2D eigenvalue weighted by Gasteiger charge is 2.40. The Bertz CT molecular complexity index is 1790. The van der Waals surface area contributed by atoms with E-state index in [0.717, 1.165) is 112 Å². The van der Waals surface area contributed by atoms with E-state index in [-0.39, 0.29) is 35.7 Å². The number of hydrogen-bond donors (Lipinski definition) is 4. The van der Waals surface area contributed by atoms with E-state index >= 15 is 0 Å². The van der Waals surface area contributed by atoms with Crippen molar-refractivity contribution in [3.63, 3.8) is 0 Å². The number of nitrogens with one attached hydrogen (secondary N) is 2. The van der Waals surface area contributed by atoms with Crippen LogP contribution in [0.5, 0.6) is 0 Å². The molecule has 2 aromatic heterocycles. The van der Waals surface area contributed by atoms with Gasteiger partial charge in [0.05, 0.1) is 35.9 Å². The largest absolute Gasteiger partial charge is 0.383 e. The molecule has 4 N–H and O–H groups in total. The summed E-state index contributed by atoms with van der Waals surface area (Å²) in [5.74, 6) is 2.47. The molecule has 4 unspecified atom stereocenters. The molecule has 0 aromatic carbocycles. The summed E-state index contributed by atoms with van der Waals surface area (Å²) in [5.41, 5.74) is 5.74. The number of aromatic nitrogens is 4. The summed E-state index contributed by atoms with van der Waals surface area (Å²) >= 11 is 0. The van der Waals surface area contributed by atoms with Crippen molar-refractivity contribution in [3.8, 4) is 0 Å². The SMILES string of the molecule is CC1CC(c2cnc([C@@H]3CCCN3C(=O)C(O)C3CCCCC3)[nH]2)=CC=C1C1C=CC(c2cnc([C@@H]3CCCN3C(=O)[C@@H](O)C3CCCCC3)[nH]2)=CC1C. The van der Waals surface area contributed by atoms with Crippen LogP contribution in [0, 0.1) is 29.6 Å². The second-order valence-corrected chi connectivity index (χ2v) is 17.3. The third-order valence-corrected chi connectivity index (χ3v) is 13.7. The predicted molar refractivity (Wildman–Crippen MR) is 209 cm³/mol. The Balaban J connectivity index is 0.907. The van der Waals surface area contributed by atoms with E-state index < -0.39 is 12.2 Å². The van der Waals surface area contributed by atoms with Crippen LogP contribution in [0.4, 0.5) is 0 Å². The Morgan fingerprint density at radius 3 is 1.80 bits per heavy atom. The number of aromatic amines is 2. The first-order chi connectivity index (χ1) is 26.3. The fourth-order valence-electron chi connectivity index (χ4n) is 10.5. The number of imidazole rings is 2. The second kappa shape index (κ2) is 16.1. The van der Waals surface area contributed by atoms with Crippen LogP contribution in [0.1, 0.15) is 145 Å². The standard InChI is InChI=1S/C44H60N6O4/c1-27-23-31(35-25-45-41(47-35)37-15-9-21-49(37)43(53)39(51)29-11-5-3-6-12-29)17-19-33(27)34-20-18-32(24-28(34)2)36-26-46-42(48-36)38-16-10-22-50(38)44(54)40(52)30-13-7-4-8-14-30/h17-20,23,25-30,33,37-40,51-52H,3-16,21-22,24H2,1-2H3,(H,45,47)(H,46,48)/t27?,28?,33?,37-,38-,39-,40?/m0/s1. The lowest BCUT2D eigenvalue weighted by atomic mass is 9.74. The molecule has 10 nitrogen and oxygen atoms in total. The summed E-state index contributed by atoms with van der Waals surface area (Å²) in [5, 5.41) is 22.0. The minimum atomic E-state index is -0.910. The zero-order chi connectivity index (χ0) is 37.3. The normalized spacial score (nSPS) is 29.6. The fraction of sp³-hybridized carbons (Fsp3) is 0.636. The van der Waals surface area contributed by atoms with Crippen LogP contribution in [0.2, 0.25) is 0 Å². The maximum atomic E-state index is 13.4. The number of allylic oxidation sites excluding steroid dienone is 8. The van der Waals surface area contributed by atoms with E-state index in [1.165, 1.54) is 24.0 Å². The van der Waals surface area contributed by atoms with E-state index in [1.54, 1.807) is 0 Å². The quantitative estimate of drug-likeness (QED) is 0.209. The van der Waals surface area contributed by atoms with Crippen LogP contribution >= 0.6 is 0 Å². The van der Waals surface area contributed by atoms with Gasteiger partial charge in [-0.05, 0) is 92.6 Å². The van der Waals surface area contributed by atoms with E-state index in [1.807, 2.05) is 22.2 Å². The Hall–Kier alpha value is -3.76. The molecule has 0 bridgehead atoms.